The Kier molecular flexibility index (Phi) is 5.26. The first kappa shape index (κ1) is 26.0. The first-order chi connectivity index (χ1) is 23.8. The first-order valence-electron chi connectivity index (χ1n) is 16.3. The molecule has 11 rings (SSSR count). The average molecular weight is 628 g/mol. The molecule has 0 unspecified atom stereocenters. The van der Waals surface area contributed by atoms with Gasteiger partial charge < -0.3 is 0 Å². The fraction of sp³-hybridized carbons (Fsp3) is 0. The van der Waals surface area contributed by atoms with Crippen LogP contribution in [0, 0.1) is 0 Å². The van der Waals surface area contributed by atoms with Gasteiger partial charge in [-0.15, -0.1) is 11.3 Å². The van der Waals surface area contributed by atoms with Crippen molar-refractivity contribution in [3.63, 3.8) is 0 Å². The van der Waals surface area contributed by atoms with Crippen molar-refractivity contribution in [3.05, 3.63) is 152 Å². The number of fused-ring (bicyclic) bond motifs is 14. The highest BCUT2D eigenvalue weighted by Crippen LogP contribution is 2.43. The highest BCUT2D eigenvalue weighted by atomic mass is 32.1. The zero-order valence-corrected chi connectivity index (χ0v) is 26.5. The van der Waals surface area contributed by atoms with Crippen LogP contribution in [0.15, 0.2) is 152 Å². The van der Waals surface area contributed by atoms with Gasteiger partial charge in [-0.1, -0.05) is 121 Å². The molecule has 0 saturated carbocycles. The van der Waals surface area contributed by atoms with Gasteiger partial charge in [0, 0.05) is 47.3 Å². The van der Waals surface area contributed by atoms with E-state index in [1.807, 2.05) is 11.3 Å². The highest BCUT2D eigenvalue weighted by Gasteiger charge is 2.21. The van der Waals surface area contributed by atoms with Crippen molar-refractivity contribution in [2.24, 2.45) is 0 Å². The summed E-state index contributed by atoms with van der Waals surface area (Å²) in [5, 5.41) is 13.3. The number of benzene rings is 8. The Morgan fingerprint density at radius 3 is 1.92 bits per heavy atom. The first-order valence-corrected chi connectivity index (χ1v) is 17.1. The Balaban J connectivity index is 1.34. The van der Waals surface area contributed by atoms with Crippen molar-refractivity contribution in [3.8, 4) is 17.2 Å². The summed E-state index contributed by atoms with van der Waals surface area (Å²) in [7, 11) is 0. The highest BCUT2D eigenvalue weighted by molar-refractivity contribution is 7.26. The fourth-order valence-electron chi connectivity index (χ4n) is 7.89. The number of nitrogens with zero attached hydrogens (tertiary/aromatic N) is 3. The normalized spacial score (nSPS) is 12.2. The second-order valence-electron chi connectivity index (χ2n) is 12.5. The van der Waals surface area contributed by atoms with Crippen molar-refractivity contribution in [2.45, 2.75) is 0 Å². The van der Waals surface area contributed by atoms with Crippen LogP contribution >= 0.6 is 11.3 Å². The largest absolute Gasteiger partial charge is 0.278 e. The molecule has 8 aromatic carbocycles. The lowest BCUT2D eigenvalue weighted by Crippen LogP contribution is -2.04. The van der Waals surface area contributed by atoms with Crippen LogP contribution in [0.25, 0.3) is 102 Å². The van der Waals surface area contributed by atoms with E-state index in [1.165, 1.54) is 52.5 Å². The number of aromatic nitrogens is 3. The van der Waals surface area contributed by atoms with Crippen molar-refractivity contribution in [1.82, 2.24) is 14.5 Å². The summed E-state index contributed by atoms with van der Waals surface area (Å²) in [5.41, 5.74) is 5.18. The number of hydrogen-bond donors (Lipinski definition) is 0. The fourth-order valence-corrected chi connectivity index (χ4v) is 9.01. The lowest BCUT2D eigenvalue weighted by Gasteiger charge is -2.16. The minimum Gasteiger partial charge on any atom is -0.278 e. The van der Waals surface area contributed by atoms with Crippen molar-refractivity contribution in [1.29, 1.82) is 0 Å². The maximum Gasteiger partial charge on any atom is 0.235 e. The molecular formula is C44H25N3S. The maximum atomic E-state index is 5.52. The van der Waals surface area contributed by atoms with Gasteiger partial charge in [0.15, 0.2) is 0 Å². The molecule has 222 valence electrons. The Hall–Kier alpha value is -6.10. The smallest absolute Gasteiger partial charge is 0.235 e. The third kappa shape index (κ3) is 3.52. The summed E-state index contributed by atoms with van der Waals surface area (Å²) >= 11 is 1.86. The minimum atomic E-state index is 0.676. The lowest BCUT2D eigenvalue weighted by atomic mass is 9.94. The van der Waals surface area contributed by atoms with Crippen LogP contribution < -0.4 is 0 Å². The maximum absolute atomic E-state index is 5.52. The summed E-state index contributed by atoms with van der Waals surface area (Å²) in [4.78, 5) is 11.0. The molecule has 0 spiro atoms. The summed E-state index contributed by atoms with van der Waals surface area (Å²) in [5.74, 6) is 0.676. The van der Waals surface area contributed by atoms with Gasteiger partial charge in [0.25, 0.3) is 0 Å². The third-order valence-electron chi connectivity index (χ3n) is 9.96. The number of thiophene rings is 1. The van der Waals surface area contributed by atoms with E-state index in [1.54, 1.807) is 0 Å². The third-order valence-corrected chi connectivity index (χ3v) is 11.1. The Bertz CT molecular complexity index is 3120. The van der Waals surface area contributed by atoms with Crippen LogP contribution in [0.5, 0.6) is 0 Å². The second kappa shape index (κ2) is 9.71. The van der Waals surface area contributed by atoms with E-state index in [0.717, 1.165) is 44.0 Å². The Morgan fingerprint density at radius 2 is 1.08 bits per heavy atom. The molecule has 3 nitrogen and oxygen atoms in total. The predicted molar refractivity (Wildman–Crippen MR) is 205 cm³/mol. The van der Waals surface area contributed by atoms with Gasteiger partial charge in [-0.25, -0.2) is 9.97 Å². The molecule has 11 aromatic rings. The summed E-state index contributed by atoms with van der Waals surface area (Å²) in [6, 6.07) is 54.6. The van der Waals surface area contributed by atoms with E-state index < -0.39 is 0 Å². The van der Waals surface area contributed by atoms with E-state index in [-0.39, 0.29) is 0 Å². The van der Waals surface area contributed by atoms with Crippen LogP contribution in [-0.2, 0) is 0 Å². The molecule has 0 aliphatic rings. The van der Waals surface area contributed by atoms with Crippen molar-refractivity contribution >= 4 is 96.5 Å². The van der Waals surface area contributed by atoms with Gasteiger partial charge in [0.05, 0.1) is 22.2 Å². The monoisotopic (exact) mass is 627 g/mol. The van der Waals surface area contributed by atoms with E-state index in [9.17, 15) is 0 Å². The molecule has 0 N–H and O–H groups in total. The molecule has 3 aromatic heterocycles. The van der Waals surface area contributed by atoms with Crippen LogP contribution in [-0.4, -0.2) is 14.5 Å². The zero-order valence-electron chi connectivity index (χ0n) is 25.7. The topological polar surface area (TPSA) is 30.7 Å². The molecule has 0 saturated heterocycles. The van der Waals surface area contributed by atoms with Crippen molar-refractivity contribution < 1.29 is 0 Å². The zero-order chi connectivity index (χ0) is 31.3. The number of para-hydroxylation sites is 1. The molecule has 3 heterocycles. The lowest BCUT2D eigenvalue weighted by molar-refractivity contribution is 1.02. The summed E-state index contributed by atoms with van der Waals surface area (Å²) in [6.07, 6.45) is 0. The molecule has 0 aliphatic carbocycles. The number of rotatable bonds is 2. The Labute approximate surface area is 278 Å². The van der Waals surface area contributed by atoms with E-state index in [4.69, 9.17) is 9.97 Å². The van der Waals surface area contributed by atoms with Crippen molar-refractivity contribution in [2.75, 3.05) is 0 Å². The van der Waals surface area contributed by atoms with Crippen LogP contribution in [0.3, 0.4) is 0 Å². The second-order valence-corrected chi connectivity index (χ2v) is 13.6. The van der Waals surface area contributed by atoms with E-state index in [0.29, 0.717) is 5.95 Å². The van der Waals surface area contributed by atoms with Gasteiger partial charge in [-0.2, -0.15) is 0 Å². The number of hydrogen-bond acceptors (Lipinski definition) is 3. The Morgan fingerprint density at radius 1 is 0.417 bits per heavy atom. The van der Waals surface area contributed by atoms with Gasteiger partial charge >= 0.3 is 0 Å². The molecule has 0 aliphatic heterocycles. The summed E-state index contributed by atoms with van der Waals surface area (Å²) < 4.78 is 4.90. The van der Waals surface area contributed by atoms with Crippen LogP contribution in [0.4, 0.5) is 0 Å². The van der Waals surface area contributed by atoms with E-state index in [2.05, 4.69) is 156 Å². The quantitative estimate of drug-likeness (QED) is 0.179. The van der Waals surface area contributed by atoms with Gasteiger partial charge in [-0.05, 0) is 57.3 Å². The van der Waals surface area contributed by atoms with Crippen LogP contribution in [0.2, 0.25) is 0 Å². The average Bonchev–Trinajstić information content (AvgIpc) is 3.69. The molecule has 0 amide bonds. The predicted octanol–water partition coefficient (Wildman–Crippen LogP) is 12.2. The molecule has 0 bridgehead atoms. The minimum absolute atomic E-state index is 0.676. The molecule has 48 heavy (non-hydrogen) atoms. The van der Waals surface area contributed by atoms with E-state index >= 15 is 0 Å². The SMILES string of the molecule is c1ccc(-c2nc(-n3c4ccccc4c4cc5ccc6sc7ccccc7c6c5cc43)nc3c4ccccc4c4ccccc4c23)cc1. The van der Waals surface area contributed by atoms with Gasteiger partial charge in [-0.3, -0.25) is 4.57 Å². The van der Waals surface area contributed by atoms with Gasteiger partial charge in [0.2, 0.25) is 5.95 Å². The van der Waals surface area contributed by atoms with Crippen LogP contribution in [0.1, 0.15) is 0 Å². The molecular weight excluding hydrogens is 603 g/mol. The molecule has 0 radical (unpaired) electrons. The molecule has 4 heteroatoms. The van der Waals surface area contributed by atoms with Gasteiger partial charge in [0.1, 0.15) is 0 Å². The summed E-state index contributed by atoms with van der Waals surface area (Å²) in [6.45, 7) is 0. The standard InChI is InChI=1S/C44H25N3S/c1-2-12-26(13-3-1)42-41-31-17-6-4-14-28(31)29-15-5-7-18-32(29)43(41)46-44(45-42)47-36-20-10-8-16-30(36)35-24-27-22-23-39-40(34(27)25-37(35)47)33-19-9-11-21-38(33)48-39/h1-25H. The molecule has 0 fully saturated rings. The molecule has 0 atom stereocenters.